The zero-order valence-electron chi connectivity index (χ0n) is 17.0. The number of methoxy groups -OCH3 is 2. The molecule has 2 aromatic carbocycles. The number of fused-ring (bicyclic) bond motifs is 1. The summed E-state index contributed by atoms with van der Waals surface area (Å²) in [6.45, 7) is 0. The first kappa shape index (κ1) is 20.2. The second-order valence-corrected chi connectivity index (χ2v) is 6.96. The fourth-order valence-corrected chi connectivity index (χ4v) is 3.53. The van der Waals surface area contributed by atoms with Crippen molar-refractivity contribution in [1.29, 1.82) is 0 Å². The fraction of sp³-hybridized carbons (Fsp3) is 0.174. The predicted octanol–water partition coefficient (Wildman–Crippen LogP) is 2.81. The molecule has 4 rings (SSSR count). The highest BCUT2D eigenvalue weighted by molar-refractivity contribution is 5.96. The molecule has 0 spiro atoms. The van der Waals surface area contributed by atoms with Crippen LogP contribution >= 0.6 is 0 Å². The Morgan fingerprint density at radius 2 is 1.90 bits per heavy atom. The van der Waals surface area contributed by atoms with Crippen LogP contribution in [0.25, 0.3) is 11.1 Å². The topological polar surface area (TPSA) is 113 Å². The molecular formula is C23H21N3O5. The lowest BCUT2D eigenvalue weighted by atomic mass is 9.97. The lowest BCUT2D eigenvalue weighted by Gasteiger charge is -2.13. The molecule has 1 aliphatic heterocycles. The Labute approximate surface area is 179 Å². The van der Waals surface area contributed by atoms with E-state index in [2.05, 4.69) is 10.3 Å². The van der Waals surface area contributed by atoms with Gasteiger partial charge in [-0.15, -0.1) is 0 Å². The molecule has 3 aromatic rings. The van der Waals surface area contributed by atoms with Gasteiger partial charge in [0.15, 0.2) is 17.6 Å². The molecule has 1 atom stereocenters. The zero-order valence-corrected chi connectivity index (χ0v) is 17.0. The Morgan fingerprint density at radius 1 is 1.10 bits per heavy atom. The van der Waals surface area contributed by atoms with Crippen molar-refractivity contribution in [3.8, 4) is 28.5 Å². The van der Waals surface area contributed by atoms with Crippen LogP contribution in [0.4, 0.5) is 5.69 Å². The maximum Gasteiger partial charge on any atom is 0.265 e. The van der Waals surface area contributed by atoms with Gasteiger partial charge in [-0.3, -0.25) is 9.59 Å². The molecule has 2 amide bonds. The molecule has 158 valence electrons. The van der Waals surface area contributed by atoms with Gasteiger partial charge in [0, 0.05) is 35.5 Å². The molecule has 3 N–H and O–H groups in total. The number of carbonyl (C=O) groups excluding carboxylic acids is 2. The molecule has 1 unspecified atom stereocenters. The second kappa shape index (κ2) is 8.35. The van der Waals surface area contributed by atoms with E-state index >= 15 is 0 Å². The van der Waals surface area contributed by atoms with Crippen LogP contribution in [0.2, 0.25) is 0 Å². The van der Waals surface area contributed by atoms with Gasteiger partial charge in [-0.25, -0.2) is 4.98 Å². The number of carbonyl (C=O) groups is 2. The van der Waals surface area contributed by atoms with E-state index in [1.165, 1.54) is 7.11 Å². The maximum atomic E-state index is 12.8. The molecule has 31 heavy (non-hydrogen) atoms. The minimum atomic E-state index is -0.740. The number of anilines is 1. The lowest BCUT2D eigenvalue weighted by Crippen LogP contribution is -2.31. The third-order valence-electron chi connectivity index (χ3n) is 5.06. The molecule has 8 nitrogen and oxygen atoms in total. The number of hydrogen-bond donors (Lipinski definition) is 2. The molecule has 1 aliphatic rings. The number of ether oxygens (including phenoxy) is 3. The van der Waals surface area contributed by atoms with Gasteiger partial charge in [0.1, 0.15) is 0 Å². The van der Waals surface area contributed by atoms with E-state index in [0.717, 1.165) is 16.7 Å². The largest absolute Gasteiger partial charge is 0.493 e. The van der Waals surface area contributed by atoms with Crippen molar-refractivity contribution >= 4 is 17.5 Å². The summed E-state index contributed by atoms with van der Waals surface area (Å²) in [6, 6.07) is 14.0. The summed E-state index contributed by atoms with van der Waals surface area (Å²) in [5.41, 5.74) is 8.82. The Bertz CT molecular complexity index is 1160. The van der Waals surface area contributed by atoms with Crippen LogP contribution in [0.1, 0.15) is 15.9 Å². The third kappa shape index (κ3) is 4.00. The normalized spacial score (nSPS) is 14.3. The first-order valence-corrected chi connectivity index (χ1v) is 9.58. The van der Waals surface area contributed by atoms with E-state index in [0.29, 0.717) is 35.1 Å². The number of hydrogen-bond acceptors (Lipinski definition) is 6. The minimum Gasteiger partial charge on any atom is -0.493 e. The number of aromatic nitrogens is 1. The highest BCUT2D eigenvalue weighted by Gasteiger charge is 2.32. The van der Waals surface area contributed by atoms with Crippen LogP contribution in [0, 0.1) is 0 Å². The number of amides is 2. The molecule has 0 saturated heterocycles. The minimum absolute atomic E-state index is 0.304. The van der Waals surface area contributed by atoms with Crippen molar-refractivity contribution in [1.82, 2.24) is 4.98 Å². The van der Waals surface area contributed by atoms with Gasteiger partial charge in [-0.1, -0.05) is 12.1 Å². The molecule has 2 heterocycles. The standard InChI is InChI=1S/C23H21N3O5/c1-29-18-7-6-15(11-19(18)30-2)26-22(28)20-12-17-16(8-9-25-23(17)31-20)13-4-3-5-14(10-13)21(24)27/h3-11,20H,12H2,1-2H3,(H2,24,27)(H,26,28). The van der Waals surface area contributed by atoms with Crippen molar-refractivity contribution in [2.45, 2.75) is 12.5 Å². The number of rotatable bonds is 6. The lowest BCUT2D eigenvalue weighted by molar-refractivity contribution is -0.122. The molecule has 8 heteroatoms. The molecule has 0 saturated carbocycles. The Morgan fingerprint density at radius 3 is 2.65 bits per heavy atom. The van der Waals surface area contributed by atoms with E-state index < -0.39 is 12.0 Å². The number of nitrogens with one attached hydrogen (secondary N) is 1. The summed E-state index contributed by atoms with van der Waals surface area (Å²) in [5.74, 6) is 0.665. The van der Waals surface area contributed by atoms with Crippen LogP contribution in [0.5, 0.6) is 17.4 Å². The van der Waals surface area contributed by atoms with Gasteiger partial charge in [-0.05, 0) is 41.5 Å². The zero-order chi connectivity index (χ0) is 22.0. The number of primary amides is 1. The van der Waals surface area contributed by atoms with Gasteiger partial charge in [-0.2, -0.15) is 0 Å². The van der Waals surface area contributed by atoms with Crippen molar-refractivity contribution in [3.63, 3.8) is 0 Å². The van der Waals surface area contributed by atoms with Gasteiger partial charge in [0.05, 0.1) is 14.2 Å². The highest BCUT2D eigenvalue weighted by atomic mass is 16.5. The SMILES string of the molecule is COc1ccc(NC(=O)C2Cc3c(-c4cccc(C(N)=O)c4)ccnc3O2)cc1OC. The second-order valence-electron chi connectivity index (χ2n) is 6.96. The first-order valence-electron chi connectivity index (χ1n) is 9.58. The maximum absolute atomic E-state index is 12.8. The van der Waals surface area contributed by atoms with Crippen LogP contribution in [-0.2, 0) is 11.2 Å². The summed E-state index contributed by atoms with van der Waals surface area (Å²) >= 11 is 0. The average molecular weight is 419 g/mol. The average Bonchev–Trinajstić information content (AvgIpc) is 3.23. The van der Waals surface area contributed by atoms with E-state index in [1.54, 1.807) is 49.7 Å². The molecule has 0 bridgehead atoms. The van der Waals surface area contributed by atoms with E-state index in [-0.39, 0.29) is 5.91 Å². The van der Waals surface area contributed by atoms with Gasteiger partial charge < -0.3 is 25.3 Å². The Kier molecular flexibility index (Phi) is 5.44. The van der Waals surface area contributed by atoms with E-state index in [9.17, 15) is 9.59 Å². The summed E-state index contributed by atoms with van der Waals surface area (Å²) < 4.78 is 16.3. The van der Waals surface area contributed by atoms with Gasteiger partial charge in [0.2, 0.25) is 11.8 Å². The predicted molar refractivity (Wildman–Crippen MR) is 114 cm³/mol. The van der Waals surface area contributed by atoms with Crippen LogP contribution in [0.15, 0.2) is 54.7 Å². The molecular weight excluding hydrogens is 398 g/mol. The van der Waals surface area contributed by atoms with Crippen LogP contribution < -0.4 is 25.3 Å². The number of nitrogens with zero attached hydrogens (tertiary/aromatic N) is 1. The monoisotopic (exact) mass is 419 g/mol. The number of pyridine rings is 1. The van der Waals surface area contributed by atoms with Crippen molar-refractivity contribution in [3.05, 3.63) is 65.9 Å². The van der Waals surface area contributed by atoms with Gasteiger partial charge in [0.25, 0.3) is 5.91 Å². The fourth-order valence-electron chi connectivity index (χ4n) is 3.53. The van der Waals surface area contributed by atoms with Crippen molar-refractivity contribution < 1.29 is 23.8 Å². The van der Waals surface area contributed by atoms with Crippen LogP contribution in [-0.4, -0.2) is 37.1 Å². The summed E-state index contributed by atoms with van der Waals surface area (Å²) in [7, 11) is 3.07. The van der Waals surface area contributed by atoms with E-state index in [1.807, 2.05) is 12.1 Å². The summed E-state index contributed by atoms with van der Waals surface area (Å²) in [6.07, 6.45) is 1.22. The Balaban J connectivity index is 1.55. The number of nitrogens with two attached hydrogens (primary N) is 1. The first-order chi connectivity index (χ1) is 15.0. The molecule has 1 aromatic heterocycles. The van der Waals surface area contributed by atoms with Crippen LogP contribution in [0.3, 0.4) is 0 Å². The summed E-state index contributed by atoms with van der Waals surface area (Å²) in [5, 5.41) is 2.84. The van der Waals surface area contributed by atoms with Crippen molar-refractivity contribution in [2.75, 3.05) is 19.5 Å². The summed E-state index contributed by atoms with van der Waals surface area (Å²) in [4.78, 5) is 28.6. The molecule has 0 radical (unpaired) electrons. The third-order valence-corrected chi connectivity index (χ3v) is 5.06. The van der Waals surface area contributed by atoms with Crippen molar-refractivity contribution in [2.24, 2.45) is 5.73 Å². The molecule has 0 aliphatic carbocycles. The highest BCUT2D eigenvalue weighted by Crippen LogP contribution is 2.36. The Hall–Kier alpha value is -4.07. The number of benzene rings is 2. The van der Waals surface area contributed by atoms with E-state index in [4.69, 9.17) is 19.9 Å². The smallest absolute Gasteiger partial charge is 0.265 e. The quantitative estimate of drug-likeness (QED) is 0.635. The molecule has 0 fully saturated rings. The van der Waals surface area contributed by atoms with Gasteiger partial charge >= 0.3 is 0 Å².